The van der Waals surface area contributed by atoms with Gasteiger partial charge in [-0.3, -0.25) is 74.1 Å². The van der Waals surface area contributed by atoms with Crippen LogP contribution in [0.2, 0.25) is 0 Å². The minimum Gasteiger partial charge on any atom is -0.454 e. The summed E-state index contributed by atoms with van der Waals surface area (Å²) < 4.78 is 42.8. The number of hydrogen-bond acceptors (Lipinski definition) is 24. The molecule has 35 nitrogen and oxygen atoms in total. The SMILES string of the molecule is CN(C)C(=O)Nc1cncc(-c2ccc3[nH]nc(C(=O)Nc4ccc5c(c4)OCO5)c3c2)c1.O=C(Nc1ccc2c(c1)OCO2)c1n[nH]c2ccc(-c3cncc(CN4CCC4)c3)cc12.O=C(Nc1ccc2c(c1)OCO2)c1n[nH]c2ccc(-c3cncc(CN4CCCC4)c3)cc12.O=C(Nc1ccc2c(c1)OCO2)c1n[nH]c2ccc(-c3cncc(NC(=O)C4CC4)c3)cc12. The van der Waals surface area contributed by atoms with Crippen molar-refractivity contribution >= 4 is 113 Å². The normalized spacial score (nSPS) is 14.1. The highest BCUT2D eigenvalue weighted by molar-refractivity contribution is 6.15. The van der Waals surface area contributed by atoms with Crippen LogP contribution >= 0.6 is 0 Å². The Morgan fingerprint density at radius 2 is 0.626 bits per heavy atom. The van der Waals surface area contributed by atoms with Gasteiger partial charge < -0.3 is 74.7 Å². The van der Waals surface area contributed by atoms with E-state index >= 15 is 0 Å². The van der Waals surface area contributed by atoms with Crippen LogP contribution in [0.1, 0.15) is 85.2 Å². The molecule has 1 aliphatic carbocycles. The van der Waals surface area contributed by atoms with E-state index < -0.39 is 0 Å². The molecule has 0 radical (unpaired) electrons. The summed E-state index contributed by atoms with van der Waals surface area (Å²) in [5.74, 6) is 3.87. The number of amides is 7. The highest BCUT2D eigenvalue weighted by atomic mass is 16.7. The number of nitrogens with one attached hydrogen (secondary N) is 10. The van der Waals surface area contributed by atoms with Gasteiger partial charge in [-0.1, -0.05) is 24.3 Å². The van der Waals surface area contributed by atoms with E-state index in [1.807, 2.05) is 110 Å². The van der Waals surface area contributed by atoms with Gasteiger partial charge in [0.1, 0.15) is 0 Å². The average Bonchev–Trinajstić information content (AvgIpc) is 1.68. The van der Waals surface area contributed by atoms with Crippen molar-refractivity contribution in [3.63, 3.8) is 0 Å². The molecule has 7 amide bonds. The van der Waals surface area contributed by atoms with Crippen LogP contribution < -0.4 is 69.8 Å². The number of anilines is 6. The maximum atomic E-state index is 13.0. The number of rotatable bonds is 19. The van der Waals surface area contributed by atoms with E-state index in [0.717, 1.165) is 129 Å². The zero-order valence-electron chi connectivity index (χ0n) is 70.6. The van der Waals surface area contributed by atoms with Gasteiger partial charge in [0.05, 0.1) is 45.8 Å². The summed E-state index contributed by atoms with van der Waals surface area (Å²) in [6.45, 7) is 7.12. The van der Waals surface area contributed by atoms with Gasteiger partial charge in [-0.2, -0.15) is 20.4 Å². The third-order valence-corrected chi connectivity index (χ3v) is 22.9. The summed E-state index contributed by atoms with van der Waals surface area (Å²) in [4.78, 5) is 99.6. The number of benzene rings is 8. The molecule has 2 saturated heterocycles. The Kier molecular flexibility index (Phi) is 22.8. The molecule has 3 fully saturated rings. The molecular weight excluding hydrogens is 1670 g/mol. The van der Waals surface area contributed by atoms with Crippen LogP contribution in [0.5, 0.6) is 46.0 Å². The molecule has 0 spiro atoms. The Bertz CT molecular complexity index is 6930. The number of aromatic amines is 4. The zero-order chi connectivity index (χ0) is 89.0. The third-order valence-electron chi connectivity index (χ3n) is 22.9. The number of hydrogen-bond donors (Lipinski definition) is 10. The number of urea groups is 1. The maximum absolute atomic E-state index is 13.0. The Hall–Kier alpha value is -16.8. The first-order valence-electron chi connectivity index (χ1n) is 42.4. The quantitative estimate of drug-likeness (QED) is 0.0359. The molecule has 8 aromatic carbocycles. The molecule has 35 heteroatoms. The molecule has 8 aromatic heterocycles. The largest absolute Gasteiger partial charge is 0.454 e. The van der Waals surface area contributed by atoms with E-state index in [9.17, 15) is 28.8 Å². The summed E-state index contributed by atoms with van der Waals surface area (Å²) in [6.07, 6.45) is 19.9. The lowest BCUT2D eigenvalue weighted by Gasteiger charge is -2.30. The Balaban J connectivity index is 0.000000109. The first kappa shape index (κ1) is 82.5. The van der Waals surface area contributed by atoms with Crippen molar-refractivity contribution in [1.29, 1.82) is 0 Å². The summed E-state index contributed by atoms with van der Waals surface area (Å²) in [6, 6.07) is 52.0. The van der Waals surface area contributed by atoms with Crippen LogP contribution in [0, 0.1) is 5.92 Å². The van der Waals surface area contributed by atoms with E-state index in [4.69, 9.17) is 37.9 Å². The predicted molar refractivity (Wildman–Crippen MR) is 488 cm³/mol. The van der Waals surface area contributed by atoms with Crippen molar-refractivity contribution in [2.45, 2.75) is 45.2 Å². The Labute approximate surface area is 745 Å². The van der Waals surface area contributed by atoms with Gasteiger partial charge in [0.2, 0.25) is 33.1 Å². The minimum atomic E-state index is -0.359. The number of pyridine rings is 4. The van der Waals surface area contributed by atoms with Crippen LogP contribution in [-0.2, 0) is 17.9 Å². The highest BCUT2D eigenvalue weighted by Gasteiger charge is 2.31. The van der Waals surface area contributed by atoms with Crippen molar-refractivity contribution in [1.82, 2.24) is 75.4 Å². The molecule has 14 heterocycles. The van der Waals surface area contributed by atoms with Crippen molar-refractivity contribution in [3.8, 4) is 90.5 Å². The summed E-state index contributed by atoms with van der Waals surface area (Å²) in [7, 11) is 3.32. The summed E-state index contributed by atoms with van der Waals surface area (Å²) in [5, 5.41) is 48.7. The lowest BCUT2D eigenvalue weighted by Crippen LogP contribution is -2.36. The molecule has 10 N–H and O–H groups in total. The molecule has 656 valence electrons. The fourth-order valence-corrected chi connectivity index (χ4v) is 15.7. The molecule has 16 aromatic rings. The van der Waals surface area contributed by atoms with Crippen molar-refractivity contribution in [3.05, 3.63) is 253 Å². The lowest BCUT2D eigenvalue weighted by molar-refractivity contribution is -0.117. The van der Waals surface area contributed by atoms with Crippen molar-refractivity contribution < 1.29 is 66.7 Å². The van der Waals surface area contributed by atoms with Gasteiger partial charge in [-0.05, 0) is 213 Å². The van der Waals surface area contributed by atoms with E-state index in [1.54, 1.807) is 112 Å². The minimum absolute atomic E-state index is 0.0294. The first-order valence-corrected chi connectivity index (χ1v) is 42.4. The fourth-order valence-electron chi connectivity index (χ4n) is 15.7. The number of nitrogens with zero attached hydrogens (tertiary/aromatic N) is 11. The Morgan fingerprint density at radius 3 is 0.939 bits per heavy atom. The van der Waals surface area contributed by atoms with Crippen LogP contribution in [0.15, 0.2) is 219 Å². The molecule has 1 saturated carbocycles. The van der Waals surface area contributed by atoms with E-state index in [0.29, 0.717) is 102 Å². The Morgan fingerprint density at radius 1 is 0.321 bits per heavy atom. The van der Waals surface area contributed by atoms with Gasteiger partial charge in [0, 0.05) is 161 Å². The van der Waals surface area contributed by atoms with Gasteiger partial charge in [0.25, 0.3) is 23.6 Å². The van der Waals surface area contributed by atoms with E-state index in [2.05, 4.69) is 115 Å². The fraction of sp³-hybridized carbons (Fsp3) is 0.188. The zero-order valence-corrected chi connectivity index (χ0v) is 70.6. The van der Waals surface area contributed by atoms with Crippen LogP contribution in [0.4, 0.5) is 38.9 Å². The van der Waals surface area contributed by atoms with E-state index in [1.165, 1.54) is 35.3 Å². The summed E-state index contributed by atoms with van der Waals surface area (Å²) >= 11 is 0. The van der Waals surface area contributed by atoms with Gasteiger partial charge in [-0.15, -0.1) is 0 Å². The maximum Gasteiger partial charge on any atom is 0.321 e. The molecule has 0 bridgehead atoms. The molecule has 0 unspecified atom stereocenters. The predicted octanol–water partition coefficient (Wildman–Crippen LogP) is 15.7. The second-order valence-corrected chi connectivity index (χ2v) is 32.2. The second kappa shape index (κ2) is 36.3. The number of carbonyl (C=O) groups excluding carboxylic acids is 6. The molecule has 0 atom stereocenters. The highest BCUT2D eigenvalue weighted by Crippen LogP contribution is 2.41. The number of likely N-dealkylation sites (tertiary alicyclic amines) is 2. The molecule has 7 aliphatic rings. The smallest absolute Gasteiger partial charge is 0.321 e. The average molecular weight is 1750 g/mol. The van der Waals surface area contributed by atoms with Gasteiger partial charge >= 0.3 is 6.03 Å². The van der Waals surface area contributed by atoms with Crippen LogP contribution in [-0.4, -0.2) is 178 Å². The topological polar surface area (TPSA) is 424 Å². The summed E-state index contributed by atoms with van der Waals surface area (Å²) in [5.41, 5.74) is 17.6. The lowest BCUT2D eigenvalue weighted by atomic mass is 10.0. The standard InChI is InChI=1S/C25H23N5O3.C24H19N5O4.C24H21N5O3.C23H20N6O4/c31-25(27-19-4-6-22-23(11-19)33-15-32-22)24-20-10-17(3-5-21(20)28-29-24)18-9-16(12-26-13-18)14-30-7-1-2-8-30;30-23(13-1-2-13)27-17-7-15(10-25-11-17)14-3-5-19-18(8-14)22(29-28-19)24(31)26-16-4-6-20-21(9-16)33-12-32-20;30-24(26-18-3-5-21-22(10-18)32-14-31-21)23-19-9-16(2-4-20(19)27-28-23)17-8-15(11-25-12-17)13-29-6-1-7-29;1-29(2)23(31)26-16-7-14(10-24-11-16)13-3-5-18-17(8-13)21(28-27-18)22(30)25-15-4-6-19-20(9-15)33-12-32-19/h3-6,9-13H,1-2,7-8,14-15H2,(H,27,31)(H,28,29);3-11,13H,1-2,12H2,(H,26,31)(H,27,30)(H,28,29);2-5,8-12H,1,6-7,13-14H2,(H,26,30)(H,27,28);3-11H,12H2,1-2H3,(H,25,30)(H,26,31)(H,27,28). The van der Waals surface area contributed by atoms with Crippen LogP contribution in [0.3, 0.4) is 0 Å². The van der Waals surface area contributed by atoms with Gasteiger partial charge in [-0.25, -0.2) is 4.79 Å². The number of ether oxygens (including phenoxy) is 8. The molecular formula is C96H83N21O14. The number of carbonyl (C=O) groups is 6. The number of fused-ring (bicyclic) bond motifs is 8. The van der Waals surface area contributed by atoms with Crippen molar-refractivity contribution in [2.24, 2.45) is 5.92 Å². The molecule has 131 heavy (non-hydrogen) atoms. The third kappa shape index (κ3) is 18.5. The first-order chi connectivity index (χ1) is 64.1. The van der Waals surface area contributed by atoms with E-state index in [-0.39, 0.29) is 80.0 Å². The second-order valence-electron chi connectivity index (χ2n) is 32.2. The number of H-pyrrole nitrogens is 4. The monoisotopic (exact) mass is 1750 g/mol. The van der Waals surface area contributed by atoms with Gasteiger partial charge in [0.15, 0.2) is 68.8 Å². The molecule has 23 rings (SSSR count). The molecule has 6 aliphatic heterocycles. The number of aromatic nitrogens is 12. The van der Waals surface area contributed by atoms with Crippen LogP contribution in [0.25, 0.3) is 88.1 Å². The van der Waals surface area contributed by atoms with Crippen molar-refractivity contribution in [2.75, 3.05) is 99.3 Å².